The van der Waals surface area contributed by atoms with Gasteiger partial charge in [-0.15, -0.1) is 0 Å². The molecule has 0 heterocycles. The van der Waals surface area contributed by atoms with Gasteiger partial charge in [0.05, 0.1) is 0 Å². The van der Waals surface area contributed by atoms with E-state index in [0.717, 1.165) is 25.7 Å². The molecule has 0 fully saturated rings. The number of hydrogen-bond donors (Lipinski definition) is 0. The molecule has 0 saturated carbocycles. The standard InChI is InChI=1S/C28H26S/c1-3-7-23(8-4-1)11-13-25-15-19-27(20-16-25)29-28-21-17-26(18-22-28)14-12-24-9-5-2-6-10-24/h1-10,15-22H,11-14H2. The highest BCUT2D eigenvalue weighted by Gasteiger charge is 2.01. The van der Waals surface area contributed by atoms with Gasteiger partial charge in [0, 0.05) is 9.79 Å². The summed E-state index contributed by atoms with van der Waals surface area (Å²) in [5.41, 5.74) is 5.60. The Bertz CT molecular complexity index is 903. The van der Waals surface area contributed by atoms with Crippen molar-refractivity contribution in [3.05, 3.63) is 131 Å². The summed E-state index contributed by atoms with van der Waals surface area (Å²) in [5, 5.41) is 0. The van der Waals surface area contributed by atoms with Gasteiger partial charge >= 0.3 is 0 Å². The minimum absolute atomic E-state index is 1.09. The van der Waals surface area contributed by atoms with E-state index in [-0.39, 0.29) is 0 Å². The molecule has 0 aliphatic heterocycles. The Kier molecular flexibility index (Phi) is 6.83. The molecule has 4 aromatic carbocycles. The van der Waals surface area contributed by atoms with Gasteiger partial charge in [-0.3, -0.25) is 0 Å². The van der Waals surface area contributed by atoms with Crippen LogP contribution in [0.5, 0.6) is 0 Å². The Morgan fingerprint density at radius 3 is 1.00 bits per heavy atom. The molecule has 0 atom stereocenters. The zero-order valence-electron chi connectivity index (χ0n) is 16.6. The molecule has 0 unspecified atom stereocenters. The first kappa shape index (κ1) is 19.5. The second kappa shape index (κ2) is 10.1. The summed E-state index contributed by atoms with van der Waals surface area (Å²) >= 11 is 1.83. The Morgan fingerprint density at radius 2 is 0.655 bits per heavy atom. The Hall–Kier alpha value is -2.77. The van der Waals surface area contributed by atoms with Crippen LogP contribution in [0.1, 0.15) is 22.3 Å². The summed E-state index contributed by atoms with van der Waals surface area (Å²) in [5.74, 6) is 0. The van der Waals surface area contributed by atoms with Crippen LogP contribution in [0.15, 0.2) is 119 Å². The summed E-state index contributed by atoms with van der Waals surface area (Å²) in [7, 11) is 0. The fraction of sp³-hybridized carbons (Fsp3) is 0.143. The summed E-state index contributed by atoms with van der Waals surface area (Å²) < 4.78 is 0. The summed E-state index contributed by atoms with van der Waals surface area (Å²) in [6, 6.07) is 39.4. The van der Waals surface area contributed by atoms with Crippen LogP contribution in [0.25, 0.3) is 0 Å². The van der Waals surface area contributed by atoms with Crippen molar-refractivity contribution in [1.82, 2.24) is 0 Å². The molecule has 29 heavy (non-hydrogen) atoms. The third-order valence-electron chi connectivity index (χ3n) is 5.17. The van der Waals surface area contributed by atoms with E-state index in [4.69, 9.17) is 0 Å². The summed E-state index contributed by atoms with van der Waals surface area (Å²) in [6.07, 6.45) is 4.37. The molecule has 1 heteroatoms. The van der Waals surface area contributed by atoms with Gasteiger partial charge < -0.3 is 0 Å². The van der Waals surface area contributed by atoms with E-state index in [1.807, 2.05) is 11.8 Å². The quantitative estimate of drug-likeness (QED) is 0.300. The van der Waals surface area contributed by atoms with Crippen molar-refractivity contribution in [3.8, 4) is 0 Å². The molecule has 0 aliphatic carbocycles. The second-order valence-corrected chi connectivity index (χ2v) is 8.51. The van der Waals surface area contributed by atoms with E-state index in [0.29, 0.717) is 0 Å². The van der Waals surface area contributed by atoms with Crippen molar-refractivity contribution in [1.29, 1.82) is 0 Å². The maximum atomic E-state index is 2.26. The van der Waals surface area contributed by atoms with Crippen molar-refractivity contribution in [2.75, 3.05) is 0 Å². The molecular weight excluding hydrogens is 368 g/mol. The van der Waals surface area contributed by atoms with Crippen LogP contribution in [0, 0.1) is 0 Å². The molecule has 0 saturated heterocycles. The van der Waals surface area contributed by atoms with Gasteiger partial charge in [-0.25, -0.2) is 0 Å². The van der Waals surface area contributed by atoms with E-state index in [1.54, 1.807) is 0 Å². The first-order valence-corrected chi connectivity index (χ1v) is 11.1. The molecule has 0 spiro atoms. The van der Waals surface area contributed by atoms with Crippen LogP contribution in [-0.2, 0) is 25.7 Å². The molecule has 0 nitrogen and oxygen atoms in total. The maximum Gasteiger partial charge on any atom is 0.0122 e. The van der Waals surface area contributed by atoms with Gasteiger partial charge in [-0.1, -0.05) is 96.7 Å². The van der Waals surface area contributed by atoms with E-state index < -0.39 is 0 Å². The second-order valence-electron chi connectivity index (χ2n) is 7.36. The lowest BCUT2D eigenvalue weighted by molar-refractivity contribution is 0.957. The number of rotatable bonds is 8. The van der Waals surface area contributed by atoms with Crippen molar-refractivity contribution in [2.45, 2.75) is 35.5 Å². The van der Waals surface area contributed by atoms with Crippen molar-refractivity contribution < 1.29 is 0 Å². The van der Waals surface area contributed by atoms with Crippen LogP contribution in [0.3, 0.4) is 0 Å². The minimum Gasteiger partial charge on any atom is -0.0901 e. The van der Waals surface area contributed by atoms with Crippen LogP contribution in [0.4, 0.5) is 0 Å². The fourth-order valence-electron chi connectivity index (χ4n) is 3.45. The lowest BCUT2D eigenvalue weighted by Crippen LogP contribution is -1.91. The Balaban J connectivity index is 1.28. The Morgan fingerprint density at radius 1 is 0.345 bits per heavy atom. The van der Waals surface area contributed by atoms with E-state index >= 15 is 0 Å². The van der Waals surface area contributed by atoms with Crippen LogP contribution in [-0.4, -0.2) is 0 Å². The zero-order chi connectivity index (χ0) is 19.7. The van der Waals surface area contributed by atoms with Gasteiger partial charge in [-0.05, 0) is 72.2 Å². The highest BCUT2D eigenvalue weighted by molar-refractivity contribution is 7.99. The molecule has 4 aromatic rings. The van der Waals surface area contributed by atoms with E-state index in [2.05, 4.69) is 109 Å². The highest BCUT2D eigenvalue weighted by atomic mass is 32.2. The predicted molar refractivity (Wildman–Crippen MR) is 125 cm³/mol. The first-order valence-electron chi connectivity index (χ1n) is 10.3. The van der Waals surface area contributed by atoms with Crippen molar-refractivity contribution in [2.24, 2.45) is 0 Å². The van der Waals surface area contributed by atoms with Crippen molar-refractivity contribution in [3.63, 3.8) is 0 Å². The zero-order valence-corrected chi connectivity index (χ0v) is 17.4. The molecular formula is C28H26S. The number of benzene rings is 4. The normalized spacial score (nSPS) is 10.8. The topological polar surface area (TPSA) is 0 Å². The average Bonchev–Trinajstić information content (AvgIpc) is 2.80. The van der Waals surface area contributed by atoms with Crippen LogP contribution >= 0.6 is 11.8 Å². The highest BCUT2D eigenvalue weighted by Crippen LogP contribution is 2.28. The summed E-state index contributed by atoms with van der Waals surface area (Å²) in [6.45, 7) is 0. The Labute approximate surface area is 178 Å². The monoisotopic (exact) mass is 394 g/mol. The third kappa shape index (κ3) is 6.10. The first-order chi connectivity index (χ1) is 14.3. The lowest BCUT2D eigenvalue weighted by Gasteiger charge is -2.06. The van der Waals surface area contributed by atoms with Crippen molar-refractivity contribution >= 4 is 11.8 Å². The summed E-state index contributed by atoms with van der Waals surface area (Å²) in [4.78, 5) is 2.59. The molecule has 144 valence electrons. The average molecular weight is 395 g/mol. The number of hydrogen-bond acceptors (Lipinski definition) is 1. The largest absolute Gasteiger partial charge is 0.0901 e. The van der Waals surface area contributed by atoms with E-state index in [1.165, 1.54) is 32.0 Å². The third-order valence-corrected chi connectivity index (χ3v) is 6.19. The molecule has 0 N–H and O–H groups in total. The molecule has 0 aliphatic rings. The van der Waals surface area contributed by atoms with Gasteiger partial charge in [0.15, 0.2) is 0 Å². The van der Waals surface area contributed by atoms with E-state index in [9.17, 15) is 0 Å². The molecule has 0 aromatic heterocycles. The molecule has 4 rings (SSSR count). The van der Waals surface area contributed by atoms with Gasteiger partial charge in [-0.2, -0.15) is 0 Å². The molecule has 0 bridgehead atoms. The molecule has 0 amide bonds. The van der Waals surface area contributed by atoms with Gasteiger partial charge in [0.2, 0.25) is 0 Å². The SMILES string of the molecule is c1ccc(CCc2ccc(Sc3ccc(CCc4ccccc4)cc3)cc2)cc1. The van der Waals surface area contributed by atoms with Gasteiger partial charge in [0.25, 0.3) is 0 Å². The van der Waals surface area contributed by atoms with Crippen LogP contribution in [0.2, 0.25) is 0 Å². The maximum absolute atomic E-state index is 2.26. The predicted octanol–water partition coefficient (Wildman–Crippen LogP) is 7.41. The fourth-order valence-corrected chi connectivity index (χ4v) is 4.27. The minimum atomic E-state index is 1.09. The smallest absolute Gasteiger partial charge is 0.0122 e. The number of aryl methyl sites for hydroxylation is 4. The lowest BCUT2D eigenvalue weighted by atomic mass is 10.0. The van der Waals surface area contributed by atoms with Crippen LogP contribution < -0.4 is 0 Å². The molecule has 0 radical (unpaired) electrons. The van der Waals surface area contributed by atoms with Gasteiger partial charge in [0.1, 0.15) is 0 Å².